The van der Waals surface area contributed by atoms with Gasteiger partial charge in [-0.05, 0) is 17.7 Å². The zero-order chi connectivity index (χ0) is 13.8. The molecule has 8 heteroatoms. The Hall–Kier alpha value is -3.21. The quantitative estimate of drug-likeness (QED) is 0.386. The van der Waals surface area contributed by atoms with Crippen LogP contribution in [-0.4, -0.2) is 26.1 Å². The highest BCUT2D eigenvalue weighted by Crippen LogP contribution is 2.18. The molecule has 0 saturated heterocycles. The summed E-state index contributed by atoms with van der Waals surface area (Å²) in [6.07, 6.45) is 3.50. The van der Waals surface area contributed by atoms with Gasteiger partial charge in [0.15, 0.2) is 0 Å². The summed E-state index contributed by atoms with van der Waals surface area (Å²) in [5.41, 5.74) is 1.04. The fourth-order valence-corrected chi connectivity index (χ4v) is 1.53. The predicted molar refractivity (Wildman–Crippen MR) is 64.3 cm³/mol. The Labute approximate surface area is 107 Å². The number of oxime groups is 1. The lowest BCUT2D eigenvalue weighted by molar-refractivity contribution is -0.384. The molecule has 2 aromatic rings. The second-order valence-corrected chi connectivity index (χ2v) is 3.53. The highest BCUT2D eigenvalue weighted by molar-refractivity contribution is 5.80. The molecule has 1 N–H and O–H groups in total. The third-order valence-electron chi connectivity index (χ3n) is 2.37. The van der Waals surface area contributed by atoms with Crippen molar-refractivity contribution in [2.45, 2.75) is 0 Å². The van der Waals surface area contributed by atoms with Crippen LogP contribution in [0, 0.1) is 21.4 Å². The molecule has 0 atom stereocenters. The molecular formula is C11H7N5O3. The lowest BCUT2D eigenvalue weighted by atomic mass is 10.1. The molecule has 19 heavy (non-hydrogen) atoms. The molecule has 94 valence electrons. The van der Waals surface area contributed by atoms with E-state index < -0.39 is 4.92 Å². The number of hydrogen-bond donors (Lipinski definition) is 1. The molecule has 1 aromatic heterocycles. The number of nitrogens with zero attached hydrogens (tertiary/aromatic N) is 5. The van der Waals surface area contributed by atoms with E-state index in [1.807, 2.05) is 6.07 Å². The number of benzene rings is 1. The van der Waals surface area contributed by atoms with E-state index in [2.05, 4.69) is 10.3 Å². The number of nitriles is 1. The molecule has 0 spiro atoms. The van der Waals surface area contributed by atoms with Gasteiger partial charge in [0, 0.05) is 0 Å². The van der Waals surface area contributed by atoms with E-state index in [0.29, 0.717) is 11.3 Å². The number of hydrogen-bond acceptors (Lipinski definition) is 6. The van der Waals surface area contributed by atoms with Gasteiger partial charge in [-0.15, -0.1) is 0 Å². The molecule has 0 radical (unpaired) electrons. The lowest BCUT2D eigenvalue weighted by Crippen LogP contribution is -1.99. The largest absolute Gasteiger partial charge is 0.411 e. The maximum absolute atomic E-state index is 10.6. The zero-order valence-electron chi connectivity index (χ0n) is 9.46. The molecule has 0 fully saturated rings. The van der Waals surface area contributed by atoms with Gasteiger partial charge in [-0.1, -0.05) is 11.2 Å². The van der Waals surface area contributed by atoms with Crippen molar-refractivity contribution >= 4 is 11.9 Å². The van der Waals surface area contributed by atoms with Crippen molar-refractivity contribution in [2.24, 2.45) is 5.16 Å². The van der Waals surface area contributed by atoms with Crippen molar-refractivity contribution in [3.8, 4) is 11.8 Å². The van der Waals surface area contributed by atoms with E-state index in [0.717, 1.165) is 6.20 Å². The molecule has 0 saturated carbocycles. The minimum absolute atomic E-state index is 0.162. The average molecular weight is 257 g/mol. The normalized spacial score (nSPS) is 10.5. The maximum Gasteiger partial charge on any atom is 0.307 e. The highest BCUT2D eigenvalue weighted by atomic mass is 16.6. The second kappa shape index (κ2) is 4.97. The monoisotopic (exact) mass is 257 g/mol. The third-order valence-corrected chi connectivity index (χ3v) is 2.37. The Morgan fingerprint density at radius 3 is 2.95 bits per heavy atom. The van der Waals surface area contributed by atoms with Gasteiger partial charge in [-0.2, -0.15) is 10.4 Å². The Morgan fingerprint density at radius 1 is 1.58 bits per heavy atom. The van der Waals surface area contributed by atoms with Gasteiger partial charge >= 0.3 is 5.69 Å². The summed E-state index contributed by atoms with van der Waals surface area (Å²) in [4.78, 5) is 10.0. The van der Waals surface area contributed by atoms with Crippen molar-refractivity contribution in [3.05, 3.63) is 51.8 Å². The van der Waals surface area contributed by atoms with E-state index in [-0.39, 0.29) is 11.3 Å². The number of rotatable bonds is 3. The van der Waals surface area contributed by atoms with E-state index in [9.17, 15) is 10.1 Å². The molecule has 8 nitrogen and oxygen atoms in total. The molecule has 0 amide bonds. The van der Waals surface area contributed by atoms with E-state index in [1.54, 1.807) is 12.1 Å². The van der Waals surface area contributed by atoms with Crippen molar-refractivity contribution in [1.82, 2.24) is 9.78 Å². The Morgan fingerprint density at radius 2 is 2.37 bits per heavy atom. The van der Waals surface area contributed by atoms with E-state index in [1.165, 1.54) is 23.2 Å². The van der Waals surface area contributed by atoms with Crippen LogP contribution in [-0.2, 0) is 0 Å². The summed E-state index contributed by atoms with van der Waals surface area (Å²) in [6.45, 7) is 0. The Bertz CT molecular complexity index is 699. The first-order chi connectivity index (χ1) is 9.15. The molecule has 1 aromatic carbocycles. The van der Waals surface area contributed by atoms with Crippen LogP contribution in [0.2, 0.25) is 0 Å². The van der Waals surface area contributed by atoms with Gasteiger partial charge in [-0.3, -0.25) is 10.1 Å². The molecule has 1 heterocycles. The summed E-state index contributed by atoms with van der Waals surface area (Å²) in [5.74, 6) is 0. The summed E-state index contributed by atoms with van der Waals surface area (Å²) < 4.78 is 1.25. The minimum atomic E-state index is -0.567. The number of nitro groups is 1. The van der Waals surface area contributed by atoms with Crippen LogP contribution in [0.3, 0.4) is 0 Å². The molecule has 0 aliphatic heterocycles. The Kier molecular flexibility index (Phi) is 3.20. The summed E-state index contributed by atoms with van der Waals surface area (Å²) in [7, 11) is 0. The molecule has 0 aliphatic carbocycles. The topological polar surface area (TPSA) is 117 Å². The van der Waals surface area contributed by atoms with Crippen LogP contribution in [0.5, 0.6) is 0 Å². The molecule has 0 bridgehead atoms. The van der Waals surface area contributed by atoms with Gasteiger partial charge in [0.1, 0.15) is 18.5 Å². The maximum atomic E-state index is 10.6. The summed E-state index contributed by atoms with van der Waals surface area (Å²) >= 11 is 0. The van der Waals surface area contributed by atoms with Crippen LogP contribution in [0.15, 0.2) is 35.7 Å². The average Bonchev–Trinajstić information content (AvgIpc) is 2.88. The first kappa shape index (κ1) is 12.3. The van der Waals surface area contributed by atoms with Gasteiger partial charge in [0.05, 0.1) is 22.4 Å². The fourth-order valence-electron chi connectivity index (χ4n) is 1.53. The number of aromatic nitrogens is 2. The lowest BCUT2D eigenvalue weighted by Gasteiger charge is -2.03. The van der Waals surface area contributed by atoms with Gasteiger partial charge in [0.2, 0.25) is 0 Å². The minimum Gasteiger partial charge on any atom is -0.411 e. The zero-order valence-corrected chi connectivity index (χ0v) is 9.46. The SMILES string of the molecule is N#Cc1cc(/C=N\O)ccc1-n1cc([N+](=O)[O-])cn1. The highest BCUT2D eigenvalue weighted by Gasteiger charge is 2.12. The molecular weight excluding hydrogens is 250 g/mol. The van der Waals surface area contributed by atoms with Gasteiger partial charge < -0.3 is 5.21 Å². The Balaban J connectivity index is 2.49. The fraction of sp³-hybridized carbons (Fsp3) is 0. The van der Waals surface area contributed by atoms with Crippen LogP contribution in [0.4, 0.5) is 5.69 Å². The summed E-state index contributed by atoms with van der Waals surface area (Å²) in [6, 6.07) is 6.61. The smallest absolute Gasteiger partial charge is 0.307 e. The van der Waals surface area contributed by atoms with Crippen molar-refractivity contribution in [1.29, 1.82) is 5.26 Å². The first-order valence-corrected chi connectivity index (χ1v) is 5.06. The molecule has 2 rings (SSSR count). The predicted octanol–water partition coefficient (Wildman–Crippen LogP) is 1.46. The summed E-state index contributed by atoms with van der Waals surface area (Å²) in [5, 5.41) is 34.8. The van der Waals surface area contributed by atoms with E-state index in [4.69, 9.17) is 10.5 Å². The van der Waals surface area contributed by atoms with Crippen LogP contribution in [0.25, 0.3) is 5.69 Å². The molecule has 0 unspecified atom stereocenters. The van der Waals surface area contributed by atoms with Crippen LogP contribution < -0.4 is 0 Å². The van der Waals surface area contributed by atoms with Gasteiger partial charge in [-0.25, -0.2) is 4.68 Å². The first-order valence-electron chi connectivity index (χ1n) is 5.06. The van der Waals surface area contributed by atoms with Crippen molar-refractivity contribution < 1.29 is 10.1 Å². The van der Waals surface area contributed by atoms with E-state index >= 15 is 0 Å². The van der Waals surface area contributed by atoms with Crippen LogP contribution >= 0.6 is 0 Å². The second-order valence-electron chi connectivity index (χ2n) is 3.53. The van der Waals surface area contributed by atoms with Crippen LogP contribution in [0.1, 0.15) is 11.1 Å². The van der Waals surface area contributed by atoms with Crippen molar-refractivity contribution in [3.63, 3.8) is 0 Å². The standard InChI is InChI=1S/C11H7N5O3/c12-4-9-3-8(5-14-17)1-2-11(9)15-7-10(6-13-15)16(18)19/h1-3,5-7,17H/b14-5-. The van der Waals surface area contributed by atoms with Gasteiger partial charge in [0.25, 0.3) is 0 Å². The third kappa shape index (κ3) is 2.39. The molecule has 0 aliphatic rings. The van der Waals surface area contributed by atoms with Crippen molar-refractivity contribution in [2.75, 3.05) is 0 Å².